The molecule has 0 aromatic carbocycles. The number of hydrogen-bond donors (Lipinski definition) is 3. The highest BCUT2D eigenvalue weighted by molar-refractivity contribution is 5.73. The average Bonchev–Trinajstić information content (AvgIpc) is 3.25. The summed E-state index contributed by atoms with van der Waals surface area (Å²) in [5.41, 5.74) is 1.54. The zero-order valence-electron chi connectivity index (χ0n) is 19.9. The number of alkyl halides is 4. The van der Waals surface area contributed by atoms with Gasteiger partial charge in [0.1, 0.15) is 18.2 Å². The lowest BCUT2D eigenvalue weighted by Gasteiger charge is -2.16. The number of carbonyl (C=O) groups is 1. The van der Waals surface area contributed by atoms with Gasteiger partial charge < -0.3 is 20.1 Å². The molecule has 200 valence electrons. The molecule has 3 aromatic rings. The topological polar surface area (TPSA) is 128 Å². The Labute approximate surface area is 207 Å². The van der Waals surface area contributed by atoms with E-state index in [-0.39, 0.29) is 30.1 Å². The molecule has 1 aliphatic carbocycles. The summed E-state index contributed by atoms with van der Waals surface area (Å²) in [6.07, 6.45) is -5.67. The fourth-order valence-electron chi connectivity index (χ4n) is 3.97. The van der Waals surface area contributed by atoms with Gasteiger partial charge in [-0.05, 0) is 32.8 Å². The Kier molecular flexibility index (Phi) is 6.66. The van der Waals surface area contributed by atoms with Gasteiger partial charge in [0.15, 0.2) is 23.9 Å². The Morgan fingerprint density at radius 1 is 1.32 bits per heavy atom. The van der Waals surface area contributed by atoms with E-state index in [1.165, 1.54) is 16.6 Å². The van der Waals surface area contributed by atoms with Gasteiger partial charge in [0.25, 0.3) is 0 Å². The molecule has 4 heterocycles. The number of rotatable bonds is 8. The summed E-state index contributed by atoms with van der Waals surface area (Å²) < 4.78 is 68.4. The molecule has 3 N–H and O–H groups in total. The number of aromatic nitrogens is 5. The molecule has 3 atom stereocenters. The van der Waals surface area contributed by atoms with Gasteiger partial charge >= 0.3 is 12.5 Å². The first-order valence-electron chi connectivity index (χ1n) is 11.7. The van der Waals surface area contributed by atoms with Gasteiger partial charge in [-0.2, -0.15) is 10.2 Å². The third-order valence-corrected chi connectivity index (χ3v) is 5.80. The Hall–Kier alpha value is -3.46. The predicted octanol–water partition coefficient (Wildman–Crippen LogP) is 4.02. The second-order valence-corrected chi connectivity index (χ2v) is 9.26. The maximum absolute atomic E-state index is 15.0. The molecular formula is C22H25F4N7O4. The van der Waals surface area contributed by atoms with Gasteiger partial charge in [-0.1, -0.05) is 0 Å². The Bertz CT molecular complexity index is 1270. The normalized spacial score (nSPS) is 22.1. The highest BCUT2D eigenvalue weighted by atomic mass is 19.4. The van der Waals surface area contributed by atoms with E-state index < -0.39 is 37.4 Å². The first kappa shape index (κ1) is 25.2. The van der Waals surface area contributed by atoms with Crippen molar-refractivity contribution in [3.63, 3.8) is 0 Å². The minimum atomic E-state index is -4.78. The summed E-state index contributed by atoms with van der Waals surface area (Å²) in [5, 5.41) is 16.6. The molecule has 3 aromatic heterocycles. The van der Waals surface area contributed by atoms with Gasteiger partial charge in [0.2, 0.25) is 0 Å². The maximum atomic E-state index is 15.0. The number of halogens is 4. The SMILES string of the molecule is CC(C)NC(=O)O[C@H]1CO[C@@H](c2cc(Nc3nc(C4CC4)cn4nc(COC(F)(F)F)cc34)n[nH]2)[C@H]1F. The maximum Gasteiger partial charge on any atom is 0.522 e. The number of ether oxygens (including phenoxy) is 3. The van der Waals surface area contributed by atoms with E-state index >= 15 is 0 Å². The van der Waals surface area contributed by atoms with Crippen LogP contribution in [0.25, 0.3) is 5.52 Å². The molecule has 0 bridgehead atoms. The summed E-state index contributed by atoms with van der Waals surface area (Å²) >= 11 is 0. The molecule has 2 aliphatic rings. The summed E-state index contributed by atoms with van der Waals surface area (Å²) in [7, 11) is 0. The van der Waals surface area contributed by atoms with Crippen LogP contribution in [0.15, 0.2) is 18.3 Å². The van der Waals surface area contributed by atoms with Gasteiger partial charge in [0.05, 0.1) is 29.9 Å². The molecule has 1 amide bonds. The van der Waals surface area contributed by atoms with Crippen molar-refractivity contribution in [1.82, 2.24) is 30.1 Å². The van der Waals surface area contributed by atoms with Crippen molar-refractivity contribution in [3.8, 4) is 0 Å². The Morgan fingerprint density at radius 3 is 2.81 bits per heavy atom. The molecule has 0 radical (unpaired) electrons. The molecule has 1 aliphatic heterocycles. The number of hydrogen-bond acceptors (Lipinski definition) is 8. The number of anilines is 2. The highest BCUT2D eigenvalue weighted by Crippen LogP contribution is 2.40. The van der Waals surface area contributed by atoms with Crippen molar-refractivity contribution in [3.05, 3.63) is 35.4 Å². The number of aromatic amines is 1. The van der Waals surface area contributed by atoms with Crippen LogP contribution in [-0.2, 0) is 20.8 Å². The van der Waals surface area contributed by atoms with Gasteiger partial charge in [-0.25, -0.2) is 18.7 Å². The minimum Gasteiger partial charge on any atom is -0.441 e. The highest BCUT2D eigenvalue weighted by Gasteiger charge is 2.42. The molecule has 5 rings (SSSR count). The summed E-state index contributed by atoms with van der Waals surface area (Å²) in [6.45, 7) is 2.64. The van der Waals surface area contributed by atoms with Crippen LogP contribution < -0.4 is 10.6 Å². The van der Waals surface area contributed by atoms with Crippen LogP contribution >= 0.6 is 0 Å². The quantitative estimate of drug-likeness (QED) is 0.375. The van der Waals surface area contributed by atoms with E-state index in [0.29, 0.717) is 17.0 Å². The fraction of sp³-hybridized carbons (Fsp3) is 0.545. The second kappa shape index (κ2) is 9.78. The van der Waals surface area contributed by atoms with Crippen LogP contribution in [0.5, 0.6) is 0 Å². The molecular weight excluding hydrogens is 502 g/mol. The minimum absolute atomic E-state index is 0.0741. The molecule has 11 nitrogen and oxygen atoms in total. The van der Waals surface area contributed by atoms with E-state index in [9.17, 15) is 22.4 Å². The number of nitrogens with one attached hydrogen (secondary N) is 3. The molecule has 1 saturated carbocycles. The van der Waals surface area contributed by atoms with Crippen molar-refractivity contribution in [2.24, 2.45) is 0 Å². The third-order valence-electron chi connectivity index (χ3n) is 5.80. The number of nitrogens with zero attached hydrogens (tertiary/aromatic N) is 4. The fourth-order valence-corrected chi connectivity index (χ4v) is 3.97. The molecule has 2 fully saturated rings. The largest absolute Gasteiger partial charge is 0.522 e. The number of carbonyl (C=O) groups excluding carboxylic acids is 1. The van der Waals surface area contributed by atoms with E-state index in [1.54, 1.807) is 20.0 Å². The summed E-state index contributed by atoms with van der Waals surface area (Å²) in [4.78, 5) is 16.4. The summed E-state index contributed by atoms with van der Waals surface area (Å²) in [6, 6.07) is 2.81. The van der Waals surface area contributed by atoms with Crippen molar-refractivity contribution in [1.29, 1.82) is 0 Å². The third kappa shape index (κ3) is 5.93. The lowest BCUT2D eigenvalue weighted by atomic mass is 10.1. The van der Waals surface area contributed by atoms with E-state index in [1.807, 2.05) is 0 Å². The van der Waals surface area contributed by atoms with Crippen LogP contribution in [0.4, 0.5) is 34.0 Å². The first-order chi connectivity index (χ1) is 17.6. The predicted molar refractivity (Wildman–Crippen MR) is 120 cm³/mol. The van der Waals surface area contributed by atoms with Crippen LogP contribution in [0.2, 0.25) is 0 Å². The number of amides is 1. The zero-order valence-corrected chi connectivity index (χ0v) is 19.9. The van der Waals surface area contributed by atoms with Crippen LogP contribution in [0.3, 0.4) is 0 Å². The molecule has 0 unspecified atom stereocenters. The number of alkyl carbamates (subject to hydrolysis) is 1. The molecule has 37 heavy (non-hydrogen) atoms. The monoisotopic (exact) mass is 527 g/mol. The molecule has 1 saturated heterocycles. The lowest BCUT2D eigenvalue weighted by Crippen LogP contribution is -2.36. The van der Waals surface area contributed by atoms with Crippen molar-refractivity contribution in [2.75, 3.05) is 11.9 Å². The Balaban J connectivity index is 1.32. The second-order valence-electron chi connectivity index (χ2n) is 9.26. The average molecular weight is 527 g/mol. The molecule has 0 spiro atoms. The van der Waals surface area contributed by atoms with E-state index in [4.69, 9.17) is 9.47 Å². The van der Waals surface area contributed by atoms with Gasteiger partial charge in [-0.15, -0.1) is 13.2 Å². The molecule has 15 heteroatoms. The van der Waals surface area contributed by atoms with Gasteiger partial charge in [-0.3, -0.25) is 9.84 Å². The Morgan fingerprint density at radius 2 is 2.11 bits per heavy atom. The van der Waals surface area contributed by atoms with E-state index in [2.05, 4.69) is 35.7 Å². The zero-order chi connectivity index (χ0) is 26.3. The van der Waals surface area contributed by atoms with Crippen LogP contribution in [-0.4, -0.2) is 62.2 Å². The number of fused-ring (bicyclic) bond motifs is 1. The summed E-state index contributed by atoms with van der Waals surface area (Å²) in [5.74, 6) is 0.844. The van der Waals surface area contributed by atoms with Crippen LogP contribution in [0, 0.1) is 0 Å². The van der Waals surface area contributed by atoms with E-state index in [0.717, 1.165) is 18.5 Å². The van der Waals surface area contributed by atoms with Crippen molar-refractivity contribution < 1.29 is 36.6 Å². The lowest BCUT2D eigenvalue weighted by molar-refractivity contribution is -0.330. The van der Waals surface area contributed by atoms with Crippen molar-refractivity contribution >= 4 is 23.2 Å². The number of H-pyrrole nitrogens is 1. The standard InChI is InChI=1S/C22H25F4N7O4/c1-10(2)27-21(34)37-16-9-35-19(18(16)23)13-6-17(31-30-13)29-20-15-5-12(8-36-22(24,25)26)32-33(15)7-14(28-20)11-3-4-11/h5-7,10-11,16,18-19H,3-4,8-9H2,1-2H3,(H,27,34)(H2,28,29,30,31)/t16-,18-,19-/m0/s1. The van der Waals surface area contributed by atoms with Gasteiger partial charge in [0, 0.05) is 18.0 Å². The smallest absolute Gasteiger partial charge is 0.441 e. The first-order valence-corrected chi connectivity index (χ1v) is 11.7. The van der Waals surface area contributed by atoms with Crippen LogP contribution in [0.1, 0.15) is 55.8 Å². The van der Waals surface area contributed by atoms with Crippen molar-refractivity contribution in [2.45, 2.75) is 70.0 Å².